The summed E-state index contributed by atoms with van der Waals surface area (Å²) in [4.78, 5) is 2.31. The van der Waals surface area contributed by atoms with Gasteiger partial charge in [0.25, 0.3) is 0 Å². The molecule has 0 unspecified atom stereocenters. The largest absolute Gasteiger partial charge is 0.397 e. The number of rotatable bonds is 4. The number of anilines is 2. The van der Waals surface area contributed by atoms with Crippen molar-refractivity contribution < 1.29 is 0 Å². The van der Waals surface area contributed by atoms with E-state index < -0.39 is 0 Å². The van der Waals surface area contributed by atoms with E-state index >= 15 is 0 Å². The molecule has 2 N–H and O–H groups in total. The molecular weight excluding hydrogens is 252 g/mol. The Morgan fingerprint density at radius 2 is 2.07 bits per heavy atom. The molecule has 84 valence electrons. The van der Waals surface area contributed by atoms with Gasteiger partial charge in [0.2, 0.25) is 0 Å². The van der Waals surface area contributed by atoms with Crippen molar-refractivity contribution >= 4 is 27.3 Å². The zero-order chi connectivity index (χ0) is 11.4. The summed E-state index contributed by atoms with van der Waals surface area (Å²) in [5.74, 6) is 0.646. The Hall–Kier alpha value is -0.700. The first-order valence-corrected chi connectivity index (χ1v) is 6.13. The molecule has 1 rings (SSSR count). The van der Waals surface area contributed by atoms with Crippen LogP contribution in [0.1, 0.15) is 20.8 Å². The van der Waals surface area contributed by atoms with Gasteiger partial charge in [0.05, 0.1) is 11.4 Å². The highest BCUT2D eigenvalue weighted by Gasteiger charge is 2.09. The summed E-state index contributed by atoms with van der Waals surface area (Å²) >= 11 is 3.42. The van der Waals surface area contributed by atoms with Gasteiger partial charge < -0.3 is 10.6 Å². The molecule has 0 amide bonds. The lowest BCUT2D eigenvalue weighted by Gasteiger charge is -2.26. The van der Waals surface area contributed by atoms with E-state index in [1.54, 1.807) is 0 Å². The highest BCUT2D eigenvalue weighted by Crippen LogP contribution is 2.27. The molecule has 0 aliphatic rings. The summed E-state index contributed by atoms with van der Waals surface area (Å²) in [7, 11) is 0. The molecule has 1 aromatic rings. The molecule has 0 bridgehead atoms. The van der Waals surface area contributed by atoms with Crippen molar-refractivity contribution in [3.05, 3.63) is 22.7 Å². The molecule has 3 heteroatoms. The van der Waals surface area contributed by atoms with Crippen LogP contribution in [0.5, 0.6) is 0 Å². The summed E-state index contributed by atoms with van der Waals surface area (Å²) in [6, 6.07) is 6.07. The minimum Gasteiger partial charge on any atom is -0.397 e. The lowest BCUT2D eigenvalue weighted by molar-refractivity contribution is 0.619. The Morgan fingerprint density at radius 3 is 2.53 bits per heavy atom. The van der Waals surface area contributed by atoms with Crippen LogP contribution in [0.3, 0.4) is 0 Å². The van der Waals surface area contributed by atoms with Crippen molar-refractivity contribution in [3.63, 3.8) is 0 Å². The molecule has 0 fully saturated rings. The third-order valence-corrected chi connectivity index (χ3v) is 2.79. The molecule has 0 atom stereocenters. The van der Waals surface area contributed by atoms with Crippen molar-refractivity contribution in [1.29, 1.82) is 0 Å². The van der Waals surface area contributed by atoms with Gasteiger partial charge >= 0.3 is 0 Å². The Kier molecular flexibility index (Phi) is 4.45. The molecule has 0 aliphatic carbocycles. The predicted octanol–water partition coefficient (Wildman–Crippen LogP) is 3.51. The Morgan fingerprint density at radius 1 is 1.40 bits per heavy atom. The molecule has 0 aliphatic heterocycles. The SMILES string of the molecule is CCN(CC(C)C)c1ccc(Br)cc1N. The third kappa shape index (κ3) is 3.42. The fourth-order valence-corrected chi connectivity index (χ4v) is 2.03. The second-order valence-corrected chi connectivity index (χ2v) is 5.05. The molecule has 0 radical (unpaired) electrons. The topological polar surface area (TPSA) is 29.3 Å². The van der Waals surface area contributed by atoms with Gasteiger partial charge in [-0.25, -0.2) is 0 Å². The van der Waals surface area contributed by atoms with E-state index in [-0.39, 0.29) is 0 Å². The maximum Gasteiger partial charge on any atom is 0.0600 e. The molecule has 1 aromatic carbocycles. The van der Waals surface area contributed by atoms with E-state index in [0.29, 0.717) is 5.92 Å². The van der Waals surface area contributed by atoms with Crippen LogP contribution < -0.4 is 10.6 Å². The normalized spacial score (nSPS) is 10.7. The number of halogens is 1. The smallest absolute Gasteiger partial charge is 0.0600 e. The van der Waals surface area contributed by atoms with Crippen molar-refractivity contribution in [2.45, 2.75) is 20.8 Å². The van der Waals surface area contributed by atoms with Gasteiger partial charge in [0.1, 0.15) is 0 Å². The lowest BCUT2D eigenvalue weighted by atomic mass is 10.1. The molecule has 15 heavy (non-hydrogen) atoms. The summed E-state index contributed by atoms with van der Waals surface area (Å²) < 4.78 is 1.03. The number of nitrogens with two attached hydrogens (primary N) is 1. The van der Waals surface area contributed by atoms with Gasteiger partial charge in [0, 0.05) is 17.6 Å². The highest BCUT2D eigenvalue weighted by molar-refractivity contribution is 9.10. The molecule has 2 nitrogen and oxygen atoms in total. The molecule has 0 heterocycles. The van der Waals surface area contributed by atoms with Crippen LogP contribution >= 0.6 is 15.9 Å². The van der Waals surface area contributed by atoms with E-state index in [0.717, 1.165) is 28.9 Å². The minimum absolute atomic E-state index is 0.646. The number of nitrogens with zero attached hydrogens (tertiary/aromatic N) is 1. The number of benzene rings is 1. The molecule has 0 spiro atoms. The van der Waals surface area contributed by atoms with Crippen molar-refractivity contribution in [2.24, 2.45) is 5.92 Å². The van der Waals surface area contributed by atoms with E-state index in [1.807, 2.05) is 12.1 Å². The monoisotopic (exact) mass is 270 g/mol. The number of hydrogen-bond acceptors (Lipinski definition) is 2. The Bertz CT molecular complexity index is 323. The maximum absolute atomic E-state index is 6.00. The Labute approximate surface area is 101 Å². The minimum atomic E-state index is 0.646. The van der Waals surface area contributed by atoms with Crippen molar-refractivity contribution in [1.82, 2.24) is 0 Å². The van der Waals surface area contributed by atoms with Gasteiger partial charge in [-0.3, -0.25) is 0 Å². The van der Waals surface area contributed by atoms with Crippen LogP contribution in [0.4, 0.5) is 11.4 Å². The van der Waals surface area contributed by atoms with Crippen LogP contribution in [0.15, 0.2) is 22.7 Å². The van der Waals surface area contributed by atoms with Gasteiger partial charge in [-0.1, -0.05) is 29.8 Å². The molecular formula is C12H19BrN2. The van der Waals surface area contributed by atoms with Gasteiger partial charge in [0.15, 0.2) is 0 Å². The van der Waals surface area contributed by atoms with Gasteiger partial charge in [-0.15, -0.1) is 0 Å². The quantitative estimate of drug-likeness (QED) is 0.849. The summed E-state index contributed by atoms with van der Waals surface area (Å²) in [5.41, 5.74) is 7.98. The first-order chi connectivity index (χ1) is 7.04. The van der Waals surface area contributed by atoms with Crippen LogP contribution in [0, 0.1) is 5.92 Å². The zero-order valence-electron chi connectivity index (χ0n) is 9.63. The predicted molar refractivity (Wildman–Crippen MR) is 71.3 cm³/mol. The van der Waals surface area contributed by atoms with Crippen LogP contribution in [0.2, 0.25) is 0 Å². The molecule has 0 saturated carbocycles. The van der Waals surface area contributed by atoms with Crippen LogP contribution in [-0.4, -0.2) is 13.1 Å². The molecule has 0 saturated heterocycles. The van der Waals surface area contributed by atoms with E-state index in [4.69, 9.17) is 5.73 Å². The number of nitrogen functional groups attached to an aromatic ring is 1. The summed E-state index contributed by atoms with van der Waals surface area (Å²) in [6.45, 7) is 8.63. The average molecular weight is 271 g/mol. The van der Waals surface area contributed by atoms with E-state index in [9.17, 15) is 0 Å². The summed E-state index contributed by atoms with van der Waals surface area (Å²) in [6.07, 6.45) is 0. The molecule has 0 aromatic heterocycles. The van der Waals surface area contributed by atoms with Crippen LogP contribution in [-0.2, 0) is 0 Å². The highest BCUT2D eigenvalue weighted by atomic mass is 79.9. The average Bonchev–Trinajstić information content (AvgIpc) is 2.14. The van der Waals surface area contributed by atoms with Gasteiger partial charge in [-0.05, 0) is 31.0 Å². The fraction of sp³-hybridized carbons (Fsp3) is 0.500. The van der Waals surface area contributed by atoms with Crippen molar-refractivity contribution in [3.8, 4) is 0 Å². The Balaban J connectivity index is 2.91. The first-order valence-electron chi connectivity index (χ1n) is 5.34. The lowest BCUT2D eigenvalue weighted by Crippen LogP contribution is -2.27. The van der Waals surface area contributed by atoms with Crippen molar-refractivity contribution in [2.75, 3.05) is 23.7 Å². The third-order valence-electron chi connectivity index (χ3n) is 2.30. The number of hydrogen-bond donors (Lipinski definition) is 1. The van der Waals surface area contributed by atoms with Crippen LogP contribution in [0.25, 0.3) is 0 Å². The van der Waals surface area contributed by atoms with E-state index in [1.165, 1.54) is 0 Å². The zero-order valence-corrected chi connectivity index (χ0v) is 11.2. The maximum atomic E-state index is 6.00. The first kappa shape index (κ1) is 12.4. The summed E-state index contributed by atoms with van der Waals surface area (Å²) in [5, 5.41) is 0. The fourth-order valence-electron chi connectivity index (χ4n) is 1.65. The second kappa shape index (κ2) is 5.40. The van der Waals surface area contributed by atoms with E-state index in [2.05, 4.69) is 47.7 Å². The standard InChI is InChI=1S/C12H19BrN2/c1-4-15(8-9(2)3)12-6-5-10(13)7-11(12)14/h5-7,9H,4,8,14H2,1-3H3. The second-order valence-electron chi connectivity index (χ2n) is 4.14. The van der Waals surface area contributed by atoms with Gasteiger partial charge in [-0.2, -0.15) is 0 Å².